The van der Waals surface area contributed by atoms with Gasteiger partial charge in [0.25, 0.3) is 0 Å². The molecule has 0 bridgehead atoms. The lowest BCUT2D eigenvalue weighted by Crippen LogP contribution is -2.21. The molecule has 2 nitrogen and oxygen atoms in total. The zero-order chi connectivity index (χ0) is 11.8. The molecule has 0 spiro atoms. The molecule has 0 unspecified atom stereocenters. The predicted molar refractivity (Wildman–Crippen MR) is 65.0 cm³/mol. The van der Waals surface area contributed by atoms with Crippen molar-refractivity contribution in [3.8, 4) is 0 Å². The predicted octanol–water partition coefficient (Wildman–Crippen LogP) is 4.15. The molecular weight excluding hydrogens is 230 g/mol. The van der Waals surface area contributed by atoms with E-state index in [9.17, 15) is 4.79 Å². The highest BCUT2D eigenvalue weighted by atomic mass is 35.5. The molecule has 1 aromatic heterocycles. The van der Waals surface area contributed by atoms with Gasteiger partial charge in [-0.1, -0.05) is 46.2 Å². The van der Waals surface area contributed by atoms with Crippen molar-refractivity contribution >= 4 is 28.7 Å². The highest BCUT2D eigenvalue weighted by Crippen LogP contribution is 2.33. The molecule has 4 heteroatoms. The van der Waals surface area contributed by atoms with Gasteiger partial charge in [-0.2, -0.15) is 0 Å². The second-order valence-corrected chi connectivity index (χ2v) is 6.53. The normalized spacial score (nSPS) is 12.2. The number of hydrogen-bond acceptors (Lipinski definition) is 3. The van der Waals surface area contributed by atoms with Crippen molar-refractivity contribution in [1.29, 1.82) is 0 Å². The van der Waals surface area contributed by atoms with Crippen LogP contribution in [0.25, 0.3) is 0 Å². The highest BCUT2D eigenvalue weighted by molar-refractivity contribution is 7.16. The maximum absolute atomic E-state index is 12.1. The Hall–Kier alpha value is -0.410. The summed E-state index contributed by atoms with van der Waals surface area (Å²) in [5.74, 6) is 0.352. The molecule has 0 N–H and O–H groups in total. The molecule has 0 amide bonds. The Morgan fingerprint density at radius 1 is 1.40 bits per heavy atom. The molecular formula is C11H16ClNOS. The maximum Gasteiger partial charge on any atom is 0.187 e. The van der Waals surface area contributed by atoms with Crippen molar-refractivity contribution in [3.63, 3.8) is 0 Å². The van der Waals surface area contributed by atoms with Crippen molar-refractivity contribution < 1.29 is 4.79 Å². The summed E-state index contributed by atoms with van der Waals surface area (Å²) < 4.78 is 0.450. The first-order chi connectivity index (χ1) is 6.73. The SMILES string of the molecule is CC(C)c1sc(Cl)nc1C(=O)C(C)(C)C. The van der Waals surface area contributed by atoms with Crippen LogP contribution >= 0.6 is 22.9 Å². The van der Waals surface area contributed by atoms with E-state index in [0.717, 1.165) is 4.88 Å². The van der Waals surface area contributed by atoms with E-state index < -0.39 is 5.41 Å². The standard InChI is InChI=1S/C11H16ClNOS/c1-6(2)8-7(13-10(12)15-8)9(14)11(3,4)5/h6H,1-5H3. The lowest BCUT2D eigenvalue weighted by atomic mass is 9.88. The van der Waals surface area contributed by atoms with E-state index >= 15 is 0 Å². The zero-order valence-electron chi connectivity index (χ0n) is 9.72. The number of nitrogens with zero attached hydrogens (tertiary/aromatic N) is 1. The van der Waals surface area contributed by atoms with Gasteiger partial charge < -0.3 is 0 Å². The topological polar surface area (TPSA) is 30.0 Å². The summed E-state index contributed by atoms with van der Waals surface area (Å²) in [7, 11) is 0. The van der Waals surface area contributed by atoms with E-state index in [-0.39, 0.29) is 11.7 Å². The van der Waals surface area contributed by atoms with E-state index in [4.69, 9.17) is 11.6 Å². The molecule has 0 aliphatic heterocycles. The number of halogens is 1. The molecule has 1 aromatic rings. The molecule has 15 heavy (non-hydrogen) atoms. The molecule has 0 aliphatic carbocycles. The molecule has 0 atom stereocenters. The third-order valence-electron chi connectivity index (χ3n) is 2.05. The molecule has 0 radical (unpaired) electrons. The van der Waals surface area contributed by atoms with Crippen LogP contribution in [0.2, 0.25) is 4.47 Å². The van der Waals surface area contributed by atoms with Crippen LogP contribution in [0.3, 0.4) is 0 Å². The molecule has 1 heterocycles. The van der Waals surface area contributed by atoms with Gasteiger partial charge in [0.05, 0.1) is 0 Å². The first-order valence-electron chi connectivity index (χ1n) is 4.94. The summed E-state index contributed by atoms with van der Waals surface area (Å²) in [6, 6.07) is 0. The van der Waals surface area contributed by atoms with Gasteiger partial charge in [-0.25, -0.2) is 4.98 Å². The Balaban J connectivity index is 3.20. The number of ketones is 1. The minimum absolute atomic E-state index is 0.0642. The fourth-order valence-corrected chi connectivity index (χ4v) is 2.34. The largest absolute Gasteiger partial charge is 0.292 e. The number of thiazole rings is 1. The fourth-order valence-electron chi connectivity index (χ4n) is 1.21. The minimum Gasteiger partial charge on any atom is -0.292 e. The average molecular weight is 246 g/mol. The van der Waals surface area contributed by atoms with Gasteiger partial charge in [0, 0.05) is 10.3 Å². The lowest BCUT2D eigenvalue weighted by Gasteiger charge is -2.16. The van der Waals surface area contributed by atoms with Crippen LogP contribution in [0.5, 0.6) is 0 Å². The molecule has 0 saturated heterocycles. The van der Waals surface area contributed by atoms with E-state index in [1.165, 1.54) is 11.3 Å². The summed E-state index contributed by atoms with van der Waals surface area (Å²) in [5.41, 5.74) is 0.147. The third kappa shape index (κ3) is 2.79. The summed E-state index contributed by atoms with van der Waals surface area (Å²) in [6.45, 7) is 9.78. The number of Topliss-reactive ketones (excluding diaryl/α,β-unsaturated/α-hetero) is 1. The first kappa shape index (κ1) is 12.7. The lowest BCUT2D eigenvalue weighted by molar-refractivity contribution is 0.0852. The maximum atomic E-state index is 12.1. The number of hydrogen-bond donors (Lipinski definition) is 0. The third-order valence-corrected chi connectivity index (χ3v) is 3.51. The molecule has 84 valence electrons. The van der Waals surface area contributed by atoms with E-state index in [1.807, 2.05) is 34.6 Å². The van der Waals surface area contributed by atoms with Crippen LogP contribution in [-0.2, 0) is 0 Å². The van der Waals surface area contributed by atoms with Crippen molar-refractivity contribution in [2.75, 3.05) is 0 Å². The summed E-state index contributed by atoms with van der Waals surface area (Å²) in [6.07, 6.45) is 0. The van der Waals surface area contributed by atoms with Gasteiger partial charge in [0.1, 0.15) is 5.69 Å². The van der Waals surface area contributed by atoms with E-state index in [1.54, 1.807) is 0 Å². The quantitative estimate of drug-likeness (QED) is 0.733. The van der Waals surface area contributed by atoms with E-state index in [2.05, 4.69) is 4.98 Å². The Bertz CT molecular complexity index is 376. The van der Waals surface area contributed by atoms with Gasteiger partial charge in [-0.15, -0.1) is 11.3 Å². The summed E-state index contributed by atoms with van der Waals surface area (Å²) in [5, 5.41) is 0. The zero-order valence-corrected chi connectivity index (χ0v) is 11.3. The highest BCUT2D eigenvalue weighted by Gasteiger charge is 2.29. The Labute approximate surface area is 99.7 Å². The van der Waals surface area contributed by atoms with Crippen molar-refractivity contribution in [2.45, 2.75) is 40.5 Å². The van der Waals surface area contributed by atoms with Crippen molar-refractivity contribution in [1.82, 2.24) is 4.98 Å². The number of carbonyl (C=O) groups excluding carboxylic acids is 1. The van der Waals surface area contributed by atoms with Crippen LogP contribution in [-0.4, -0.2) is 10.8 Å². The van der Waals surface area contributed by atoms with Crippen LogP contribution in [0.1, 0.15) is 55.9 Å². The first-order valence-corrected chi connectivity index (χ1v) is 6.14. The Kier molecular flexibility index (Phi) is 3.56. The minimum atomic E-state index is -0.402. The fraction of sp³-hybridized carbons (Fsp3) is 0.636. The summed E-state index contributed by atoms with van der Waals surface area (Å²) in [4.78, 5) is 17.2. The van der Waals surface area contributed by atoms with Crippen LogP contribution in [0, 0.1) is 5.41 Å². The molecule has 0 saturated carbocycles. The average Bonchev–Trinajstić information content (AvgIpc) is 2.44. The Morgan fingerprint density at radius 3 is 2.33 bits per heavy atom. The molecule has 0 aliphatic rings. The van der Waals surface area contributed by atoms with Gasteiger partial charge in [-0.05, 0) is 5.92 Å². The van der Waals surface area contributed by atoms with Gasteiger partial charge in [-0.3, -0.25) is 4.79 Å². The second kappa shape index (κ2) is 4.22. The van der Waals surface area contributed by atoms with Crippen LogP contribution in [0.4, 0.5) is 0 Å². The molecule has 1 rings (SSSR count). The van der Waals surface area contributed by atoms with Gasteiger partial charge in [0.15, 0.2) is 10.3 Å². The number of aromatic nitrogens is 1. The molecule has 0 fully saturated rings. The van der Waals surface area contributed by atoms with Crippen molar-refractivity contribution in [2.24, 2.45) is 5.41 Å². The smallest absolute Gasteiger partial charge is 0.187 e. The van der Waals surface area contributed by atoms with Gasteiger partial charge >= 0.3 is 0 Å². The van der Waals surface area contributed by atoms with E-state index in [0.29, 0.717) is 10.2 Å². The second-order valence-electron chi connectivity index (χ2n) is 4.91. The van der Waals surface area contributed by atoms with Gasteiger partial charge in [0.2, 0.25) is 0 Å². The monoisotopic (exact) mass is 245 g/mol. The molecule has 0 aromatic carbocycles. The summed E-state index contributed by atoms with van der Waals surface area (Å²) >= 11 is 7.26. The Morgan fingerprint density at radius 2 is 1.93 bits per heavy atom. The van der Waals surface area contributed by atoms with Crippen LogP contribution < -0.4 is 0 Å². The van der Waals surface area contributed by atoms with Crippen LogP contribution in [0.15, 0.2) is 0 Å². The van der Waals surface area contributed by atoms with Crippen molar-refractivity contribution in [3.05, 3.63) is 15.0 Å². The number of rotatable bonds is 2. The number of carbonyl (C=O) groups is 1.